The van der Waals surface area contributed by atoms with Crippen LogP contribution in [0.4, 0.5) is 0 Å². The van der Waals surface area contributed by atoms with Gasteiger partial charge < -0.3 is 10.1 Å². The molecule has 0 amide bonds. The average molecular weight is 247 g/mol. The van der Waals surface area contributed by atoms with Crippen LogP contribution in [0.15, 0.2) is 30.3 Å². The highest BCUT2D eigenvalue weighted by Gasteiger charge is 2.25. The van der Waals surface area contributed by atoms with E-state index in [-0.39, 0.29) is 0 Å². The molecule has 0 bridgehead atoms. The maximum Gasteiger partial charge on any atom is 0.0509 e. The van der Waals surface area contributed by atoms with Crippen LogP contribution in [0, 0.1) is 11.8 Å². The van der Waals surface area contributed by atoms with Gasteiger partial charge in [-0.05, 0) is 30.7 Å². The number of ether oxygens (including phenoxy) is 1. The second-order valence-corrected chi connectivity index (χ2v) is 5.71. The molecule has 18 heavy (non-hydrogen) atoms. The summed E-state index contributed by atoms with van der Waals surface area (Å²) < 4.78 is 5.49. The van der Waals surface area contributed by atoms with Gasteiger partial charge in [-0.2, -0.15) is 0 Å². The molecule has 2 heteroatoms. The molecule has 1 fully saturated rings. The third kappa shape index (κ3) is 3.33. The summed E-state index contributed by atoms with van der Waals surface area (Å²) in [7, 11) is 0. The minimum Gasteiger partial charge on any atom is -0.381 e. The second-order valence-electron chi connectivity index (χ2n) is 5.71. The number of nitrogens with one attached hydrogen (secondary N) is 1. The van der Waals surface area contributed by atoms with Gasteiger partial charge in [0.15, 0.2) is 0 Å². The fraction of sp³-hybridized carbons (Fsp3) is 0.625. The SMILES string of the molecule is CC(C)C(NC(C)C1CCOC1)c1ccccc1. The summed E-state index contributed by atoms with van der Waals surface area (Å²) >= 11 is 0. The summed E-state index contributed by atoms with van der Waals surface area (Å²) in [5.74, 6) is 1.26. The number of hydrogen-bond acceptors (Lipinski definition) is 2. The second kappa shape index (κ2) is 6.35. The van der Waals surface area contributed by atoms with Gasteiger partial charge in [0.1, 0.15) is 0 Å². The molecule has 0 spiro atoms. The van der Waals surface area contributed by atoms with Crippen LogP contribution >= 0.6 is 0 Å². The highest BCUT2D eigenvalue weighted by Crippen LogP contribution is 2.25. The minimum absolute atomic E-state index is 0.432. The first-order chi connectivity index (χ1) is 8.68. The quantitative estimate of drug-likeness (QED) is 0.861. The predicted octanol–water partition coefficient (Wildman–Crippen LogP) is 3.40. The third-order valence-corrected chi connectivity index (χ3v) is 3.94. The van der Waals surface area contributed by atoms with E-state index in [1.165, 1.54) is 12.0 Å². The molecule has 0 saturated carbocycles. The molecule has 1 heterocycles. The van der Waals surface area contributed by atoms with Crippen LogP contribution in [0.2, 0.25) is 0 Å². The van der Waals surface area contributed by atoms with Crippen molar-refractivity contribution in [1.82, 2.24) is 5.32 Å². The first-order valence-corrected chi connectivity index (χ1v) is 7.07. The first kappa shape index (κ1) is 13.6. The molecule has 1 aliphatic heterocycles. The zero-order valence-electron chi connectivity index (χ0n) is 11.7. The highest BCUT2D eigenvalue weighted by molar-refractivity contribution is 5.19. The van der Waals surface area contributed by atoms with Crippen molar-refractivity contribution in [3.63, 3.8) is 0 Å². The Morgan fingerprint density at radius 2 is 1.89 bits per heavy atom. The molecule has 1 aromatic carbocycles. The zero-order valence-corrected chi connectivity index (χ0v) is 11.7. The van der Waals surface area contributed by atoms with E-state index in [4.69, 9.17) is 4.74 Å². The Bertz CT molecular complexity index is 343. The van der Waals surface area contributed by atoms with Crippen LogP contribution in [0.1, 0.15) is 38.8 Å². The topological polar surface area (TPSA) is 21.3 Å². The summed E-state index contributed by atoms with van der Waals surface area (Å²) in [6, 6.07) is 11.7. The van der Waals surface area contributed by atoms with Crippen molar-refractivity contribution in [3.8, 4) is 0 Å². The minimum atomic E-state index is 0.432. The Morgan fingerprint density at radius 3 is 2.44 bits per heavy atom. The lowest BCUT2D eigenvalue weighted by molar-refractivity contribution is 0.174. The summed E-state index contributed by atoms with van der Waals surface area (Å²) in [5.41, 5.74) is 1.39. The number of benzene rings is 1. The van der Waals surface area contributed by atoms with Gasteiger partial charge in [0.25, 0.3) is 0 Å². The smallest absolute Gasteiger partial charge is 0.0509 e. The van der Waals surface area contributed by atoms with E-state index in [2.05, 4.69) is 56.4 Å². The van der Waals surface area contributed by atoms with E-state index < -0.39 is 0 Å². The third-order valence-electron chi connectivity index (χ3n) is 3.94. The fourth-order valence-electron chi connectivity index (χ4n) is 2.70. The fourth-order valence-corrected chi connectivity index (χ4v) is 2.70. The molecule has 0 radical (unpaired) electrons. The lowest BCUT2D eigenvalue weighted by atomic mass is 9.92. The highest BCUT2D eigenvalue weighted by atomic mass is 16.5. The molecule has 1 N–H and O–H groups in total. The maximum atomic E-state index is 5.49. The molecule has 2 nitrogen and oxygen atoms in total. The largest absolute Gasteiger partial charge is 0.381 e. The van der Waals surface area contributed by atoms with Crippen molar-refractivity contribution in [2.45, 2.75) is 39.3 Å². The molecule has 2 rings (SSSR count). The van der Waals surface area contributed by atoms with Crippen LogP contribution in [0.5, 0.6) is 0 Å². The molecule has 1 saturated heterocycles. The molecule has 3 atom stereocenters. The van der Waals surface area contributed by atoms with Gasteiger partial charge >= 0.3 is 0 Å². The Kier molecular flexibility index (Phi) is 4.79. The van der Waals surface area contributed by atoms with Crippen molar-refractivity contribution >= 4 is 0 Å². The molecule has 0 aliphatic carbocycles. The number of hydrogen-bond donors (Lipinski definition) is 1. The lowest BCUT2D eigenvalue weighted by Gasteiger charge is -2.29. The van der Waals surface area contributed by atoms with Crippen LogP contribution in [-0.4, -0.2) is 19.3 Å². The summed E-state index contributed by atoms with van der Waals surface area (Å²) in [6.07, 6.45) is 1.19. The standard InChI is InChI=1S/C16H25NO/c1-12(2)16(14-7-5-4-6-8-14)17-13(3)15-9-10-18-11-15/h4-8,12-13,15-17H,9-11H2,1-3H3. The van der Waals surface area contributed by atoms with Crippen molar-refractivity contribution in [2.75, 3.05) is 13.2 Å². The van der Waals surface area contributed by atoms with Gasteiger partial charge in [0, 0.05) is 18.7 Å². The summed E-state index contributed by atoms with van der Waals surface area (Å²) in [4.78, 5) is 0. The Hall–Kier alpha value is -0.860. The maximum absolute atomic E-state index is 5.49. The van der Waals surface area contributed by atoms with E-state index in [1.807, 2.05) is 0 Å². The van der Waals surface area contributed by atoms with E-state index in [0.717, 1.165) is 13.2 Å². The molecule has 1 aromatic rings. The van der Waals surface area contributed by atoms with E-state index in [0.29, 0.717) is 23.9 Å². The van der Waals surface area contributed by atoms with Crippen LogP contribution in [-0.2, 0) is 4.74 Å². The zero-order chi connectivity index (χ0) is 13.0. The van der Waals surface area contributed by atoms with E-state index in [9.17, 15) is 0 Å². The molecule has 3 unspecified atom stereocenters. The predicted molar refractivity (Wildman–Crippen MR) is 75.5 cm³/mol. The van der Waals surface area contributed by atoms with Crippen molar-refractivity contribution in [3.05, 3.63) is 35.9 Å². The van der Waals surface area contributed by atoms with Gasteiger partial charge in [-0.3, -0.25) is 0 Å². The van der Waals surface area contributed by atoms with Crippen LogP contribution in [0.3, 0.4) is 0 Å². The van der Waals surface area contributed by atoms with Crippen molar-refractivity contribution in [1.29, 1.82) is 0 Å². The van der Waals surface area contributed by atoms with Gasteiger partial charge in [-0.15, -0.1) is 0 Å². The van der Waals surface area contributed by atoms with Crippen molar-refractivity contribution in [2.24, 2.45) is 11.8 Å². The molecule has 100 valence electrons. The Labute approximate surface area is 111 Å². The molecular weight excluding hydrogens is 222 g/mol. The van der Waals surface area contributed by atoms with Crippen LogP contribution in [0.25, 0.3) is 0 Å². The molecular formula is C16H25NO. The van der Waals surface area contributed by atoms with Crippen molar-refractivity contribution < 1.29 is 4.74 Å². The Balaban J connectivity index is 2.02. The van der Waals surface area contributed by atoms with Gasteiger partial charge in [0.05, 0.1) is 6.61 Å². The average Bonchev–Trinajstić information content (AvgIpc) is 2.90. The number of rotatable bonds is 5. The van der Waals surface area contributed by atoms with E-state index >= 15 is 0 Å². The lowest BCUT2D eigenvalue weighted by Crippen LogP contribution is -2.38. The molecule has 1 aliphatic rings. The van der Waals surface area contributed by atoms with Gasteiger partial charge in [0.2, 0.25) is 0 Å². The molecule has 0 aromatic heterocycles. The summed E-state index contributed by atoms with van der Waals surface area (Å²) in [6.45, 7) is 8.69. The first-order valence-electron chi connectivity index (χ1n) is 7.07. The summed E-state index contributed by atoms with van der Waals surface area (Å²) in [5, 5.41) is 3.79. The van der Waals surface area contributed by atoms with Crippen LogP contribution < -0.4 is 5.32 Å². The normalized spacial score (nSPS) is 23.2. The van der Waals surface area contributed by atoms with Gasteiger partial charge in [-0.1, -0.05) is 44.2 Å². The monoisotopic (exact) mass is 247 g/mol. The van der Waals surface area contributed by atoms with Gasteiger partial charge in [-0.25, -0.2) is 0 Å². The Morgan fingerprint density at radius 1 is 1.17 bits per heavy atom. The van der Waals surface area contributed by atoms with E-state index in [1.54, 1.807) is 0 Å².